The smallest absolute Gasteiger partial charge is 0.259 e. The molecule has 7 nitrogen and oxygen atoms in total. The zero-order valence-electron chi connectivity index (χ0n) is 17.2. The lowest BCUT2D eigenvalue weighted by Crippen LogP contribution is -2.38. The third kappa shape index (κ3) is 3.90. The largest absolute Gasteiger partial charge is 0.454 e. The van der Waals surface area contributed by atoms with Crippen molar-refractivity contribution in [3.63, 3.8) is 0 Å². The van der Waals surface area contributed by atoms with Crippen LogP contribution >= 0.6 is 11.8 Å². The van der Waals surface area contributed by atoms with E-state index in [9.17, 15) is 13.2 Å². The van der Waals surface area contributed by atoms with Gasteiger partial charge >= 0.3 is 0 Å². The Kier molecular flexibility index (Phi) is 5.58. The summed E-state index contributed by atoms with van der Waals surface area (Å²) in [5.41, 5.74) is 1.43. The Bertz CT molecular complexity index is 1110. The van der Waals surface area contributed by atoms with Crippen molar-refractivity contribution in [1.29, 1.82) is 0 Å². The summed E-state index contributed by atoms with van der Waals surface area (Å²) in [6, 6.07) is 10.5. The molecule has 0 bridgehead atoms. The highest BCUT2D eigenvalue weighted by molar-refractivity contribution is 7.99. The molecule has 0 radical (unpaired) electrons. The van der Waals surface area contributed by atoms with Crippen LogP contribution in [0.15, 0.2) is 41.3 Å². The van der Waals surface area contributed by atoms with Crippen LogP contribution in [0.4, 0.5) is 11.4 Å². The monoisotopic (exact) mass is 459 g/mol. The van der Waals surface area contributed by atoms with Crippen molar-refractivity contribution in [3.8, 4) is 11.5 Å². The summed E-state index contributed by atoms with van der Waals surface area (Å²) in [6.45, 7) is 2.55. The molecule has 2 aromatic carbocycles. The predicted molar refractivity (Wildman–Crippen MR) is 123 cm³/mol. The zero-order valence-corrected chi connectivity index (χ0v) is 18.8. The van der Waals surface area contributed by atoms with Gasteiger partial charge in [-0.05, 0) is 31.0 Å². The van der Waals surface area contributed by atoms with E-state index in [0.717, 1.165) is 43.9 Å². The van der Waals surface area contributed by atoms with E-state index in [1.807, 2.05) is 23.9 Å². The first kappa shape index (κ1) is 20.7. The second kappa shape index (κ2) is 8.37. The summed E-state index contributed by atoms with van der Waals surface area (Å²) in [7, 11) is -3.73. The molecule has 164 valence electrons. The molecule has 3 aliphatic rings. The molecule has 3 heterocycles. The number of nitrogens with one attached hydrogen (secondary N) is 1. The van der Waals surface area contributed by atoms with Crippen LogP contribution in [0.1, 0.15) is 29.6 Å². The topological polar surface area (TPSA) is 79.0 Å². The number of thioether (sulfide) groups is 1. The minimum atomic E-state index is -3.73. The Balaban J connectivity index is 1.65. The third-order valence-electron chi connectivity index (χ3n) is 5.95. The lowest BCUT2D eigenvalue weighted by Gasteiger charge is -2.33. The Morgan fingerprint density at radius 2 is 1.68 bits per heavy atom. The number of amides is 1. The molecule has 2 fully saturated rings. The maximum Gasteiger partial charge on any atom is 0.259 e. The number of fused-ring (bicyclic) bond motifs is 2. The van der Waals surface area contributed by atoms with Crippen molar-refractivity contribution in [1.82, 2.24) is 4.31 Å². The molecular weight excluding hydrogens is 434 g/mol. The van der Waals surface area contributed by atoms with Gasteiger partial charge in [0.05, 0.1) is 16.9 Å². The highest BCUT2D eigenvalue weighted by Crippen LogP contribution is 2.41. The Morgan fingerprint density at radius 3 is 2.45 bits per heavy atom. The van der Waals surface area contributed by atoms with Crippen molar-refractivity contribution >= 4 is 39.1 Å². The van der Waals surface area contributed by atoms with Gasteiger partial charge in [0, 0.05) is 43.8 Å². The number of anilines is 2. The molecule has 3 aliphatic heterocycles. The molecule has 1 N–H and O–H groups in total. The number of hydrogen-bond donors (Lipinski definition) is 1. The summed E-state index contributed by atoms with van der Waals surface area (Å²) in [4.78, 5) is 15.3. The minimum Gasteiger partial charge on any atom is -0.454 e. The number of carbonyl (C=O) groups excluding carboxylic acids is 1. The number of rotatable bonds is 3. The number of sulfonamides is 1. The molecule has 2 saturated heterocycles. The van der Waals surface area contributed by atoms with Crippen LogP contribution in [0.3, 0.4) is 0 Å². The number of para-hydroxylation sites is 2. The zero-order chi connectivity index (χ0) is 21.4. The summed E-state index contributed by atoms with van der Waals surface area (Å²) in [5, 5.41) is 2.85. The van der Waals surface area contributed by atoms with Crippen molar-refractivity contribution in [3.05, 3.63) is 42.0 Å². The fourth-order valence-corrected chi connectivity index (χ4v) is 6.92. The molecule has 0 atom stereocenters. The molecule has 0 unspecified atom stereocenters. The molecule has 9 heteroatoms. The first-order chi connectivity index (χ1) is 15.0. The van der Waals surface area contributed by atoms with E-state index in [1.165, 1.54) is 6.07 Å². The normalized spacial score (nSPS) is 19.6. The molecule has 0 spiro atoms. The Labute approximate surface area is 186 Å². The van der Waals surface area contributed by atoms with Crippen molar-refractivity contribution in [2.24, 2.45) is 0 Å². The molecule has 1 amide bonds. The van der Waals surface area contributed by atoms with Gasteiger partial charge in [-0.3, -0.25) is 4.79 Å². The van der Waals surface area contributed by atoms with Crippen LogP contribution in [0.5, 0.6) is 11.5 Å². The van der Waals surface area contributed by atoms with E-state index >= 15 is 0 Å². The minimum absolute atomic E-state index is 0.199. The number of carbonyl (C=O) groups is 1. The van der Waals surface area contributed by atoms with Crippen LogP contribution in [-0.2, 0) is 10.0 Å². The number of ether oxygens (including phenoxy) is 1. The molecule has 0 aliphatic carbocycles. The van der Waals surface area contributed by atoms with Gasteiger partial charge in [0.25, 0.3) is 5.91 Å². The van der Waals surface area contributed by atoms with Crippen molar-refractivity contribution < 1.29 is 17.9 Å². The number of hydrogen-bond acceptors (Lipinski definition) is 6. The van der Waals surface area contributed by atoms with Crippen molar-refractivity contribution in [2.45, 2.75) is 24.2 Å². The standard InChI is InChI=1S/C22H25N3O4S2/c26-22-16-14-21(31(27,28)25-8-4-1-5-9-25)18(24-10-12-30-13-11-24)15-20(16)29-19-7-3-2-6-17(19)23-22/h2-3,6-7,14-15H,1,4-5,8-13H2,(H,23,26). The summed E-state index contributed by atoms with van der Waals surface area (Å²) < 4.78 is 35.0. The van der Waals surface area contributed by atoms with E-state index in [0.29, 0.717) is 36.0 Å². The van der Waals surface area contributed by atoms with Gasteiger partial charge in [-0.1, -0.05) is 18.6 Å². The van der Waals surface area contributed by atoms with Gasteiger partial charge in [0.15, 0.2) is 5.75 Å². The lowest BCUT2D eigenvalue weighted by atomic mass is 10.1. The second-order valence-corrected chi connectivity index (χ2v) is 11.1. The Hall–Kier alpha value is -2.23. The number of benzene rings is 2. The van der Waals surface area contributed by atoms with Crippen LogP contribution in [0.2, 0.25) is 0 Å². The van der Waals surface area contributed by atoms with Crippen molar-refractivity contribution in [2.75, 3.05) is 47.9 Å². The van der Waals surface area contributed by atoms with Gasteiger partial charge in [-0.2, -0.15) is 16.1 Å². The highest BCUT2D eigenvalue weighted by atomic mass is 32.2. The summed E-state index contributed by atoms with van der Waals surface area (Å²) >= 11 is 1.86. The SMILES string of the molecule is O=C1Nc2ccccc2Oc2cc(N3CCSCC3)c(S(=O)(=O)N3CCCCC3)cc21. The maximum absolute atomic E-state index is 13.7. The van der Waals surface area contributed by atoms with Gasteiger partial charge in [0.1, 0.15) is 10.6 Å². The lowest BCUT2D eigenvalue weighted by molar-refractivity contribution is 0.102. The van der Waals surface area contributed by atoms with Crippen LogP contribution in [0, 0.1) is 0 Å². The first-order valence-corrected chi connectivity index (χ1v) is 13.2. The van der Waals surface area contributed by atoms with Gasteiger partial charge in [-0.25, -0.2) is 8.42 Å². The van der Waals surface area contributed by atoms with E-state index in [4.69, 9.17) is 4.74 Å². The average Bonchev–Trinajstić information content (AvgIpc) is 2.94. The predicted octanol–water partition coefficient (Wildman–Crippen LogP) is 3.77. The van der Waals surface area contributed by atoms with Gasteiger partial charge in [-0.15, -0.1) is 0 Å². The number of nitrogens with zero attached hydrogens (tertiary/aromatic N) is 2. The molecule has 5 rings (SSSR count). The number of piperidine rings is 1. The van der Waals surface area contributed by atoms with E-state index in [1.54, 1.807) is 22.5 Å². The summed E-state index contributed by atoms with van der Waals surface area (Å²) in [6.07, 6.45) is 2.76. The third-order valence-corrected chi connectivity index (χ3v) is 8.82. The van der Waals surface area contributed by atoms with Crippen LogP contribution in [-0.4, -0.2) is 56.3 Å². The quantitative estimate of drug-likeness (QED) is 0.753. The van der Waals surface area contributed by atoms with E-state index < -0.39 is 10.0 Å². The molecular formula is C22H25N3O4S2. The fourth-order valence-electron chi connectivity index (χ4n) is 4.28. The van der Waals surface area contributed by atoms with Crippen LogP contribution in [0.25, 0.3) is 0 Å². The second-order valence-electron chi connectivity index (χ2n) is 7.93. The average molecular weight is 460 g/mol. The van der Waals surface area contributed by atoms with Gasteiger partial charge < -0.3 is 15.0 Å². The molecule has 0 saturated carbocycles. The first-order valence-electron chi connectivity index (χ1n) is 10.6. The van der Waals surface area contributed by atoms with Gasteiger partial charge in [0.2, 0.25) is 10.0 Å². The highest BCUT2D eigenvalue weighted by Gasteiger charge is 2.33. The summed E-state index contributed by atoms with van der Waals surface area (Å²) in [5.74, 6) is 2.43. The molecule has 0 aromatic heterocycles. The maximum atomic E-state index is 13.7. The van der Waals surface area contributed by atoms with Crippen LogP contribution < -0.4 is 15.0 Å². The Morgan fingerprint density at radius 1 is 0.935 bits per heavy atom. The van der Waals surface area contributed by atoms with E-state index in [2.05, 4.69) is 10.2 Å². The fraction of sp³-hybridized carbons (Fsp3) is 0.409. The molecule has 31 heavy (non-hydrogen) atoms. The van der Waals surface area contributed by atoms with E-state index in [-0.39, 0.29) is 16.4 Å². The molecule has 2 aromatic rings.